The van der Waals surface area contributed by atoms with Gasteiger partial charge in [0.25, 0.3) is 0 Å². The van der Waals surface area contributed by atoms with E-state index in [1.54, 1.807) is 6.07 Å². The van der Waals surface area contributed by atoms with Crippen LogP contribution in [0.4, 0.5) is 10.1 Å². The maximum absolute atomic E-state index is 13.2. The van der Waals surface area contributed by atoms with Crippen LogP contribution in [0.5, 0.6) is 0 Å². The van der Waals surface area contributed by atoms with Crippen molar-refractivity contribution < 1.29 is 9.18 Å². The summed E-state index contributed by atoms with van der Waals surface area (Å²) in [5.74, 6) is 0.583. The minimum atomic E-state index is -0.170. The second-order valence-corrected chi connectivity index (χ2v) is 6.74. The number of nitrogens with one attached hydrogen (secondary N) is 1. The average molecular weight is 317 g/mol. The van der Waals surface area contributed by atoms with Crippen molar-refractivity contribution in [3.63, 3.8) is 0 Å². The van der Waals surface area contributed by atoms with Gasteiger partial charge in [-0.15, -0.1) is 0 Å². The number of halogens is 1. The summed E-state index contributed by atoms with van der Waals surface area (Å²) >= 11 is 0. The number of amides is 1. The quantitative estimate of drug-likeness (QED) is 0.871. The Kier molecular flexibility index (Phi) is 5.52. The van der Waals surface area contributed by atoms with Gasteiger partial charge in [-0.05, 0) is 42.5 Å². The highest BCUT2D eigenvalue weighted by atomic mass is 19.1. The highest BCUT2D eigenvalue weighted by Crippen LogP contribution is 2.28. The Morgan fingerprint density at radius 2 is 2.13 bits per heavy atom. The minimum Gasteiger partial charge on any atom is -0.369 e. The molecule has 0 unspecified atom stereocenters. The molecule has 1 aliphatic heterocycles. The number of nitrogens with zero attached hydrogens (tertiary/aromatic N) is 1. The second-order valence-electron chi connectivity index (χ2n) is 6.74. The SMILES string of the molecule is O=C([CH]CC1CCCCC1)NCCN1CCc2cc(F)ccc21. The lowest BCUT2D eigenvalue weighted by atomic mass is 9.86. The third-order valence-corrected chi connectivity index (χ3v) is 5.08. The summed E-state index contributed by atoms with van der Waals surface area (Å²) in [5, 5.41) is 2.98. The number of hydrogen-bond donors (Lipinski definition) is 1. The molecule has 3 nitrogen and oxygen atoms in total. The zero-order valence-electron chi connectivity index (χ0n) is 13.7. The van der Waals surface area contributed by atoms with E-state index in [0.717, 1.165) is 37.2 Å². The molecular formula is C19H26FN2O. The molecular weight excluding hydrogens is 291 g/mol. The fourth-order valence-electron chi connectivity index (χ4n) is 3.75. The van der Waals surface area contributed by atoms with E-state index in [1.165, 1.54) is 38.2 Å². The smallest absolute Gasteiger partial charge is 0.223 e. The van der Waals surface area contributed by atoms with Gasteiger partial charge in [-0.2, -0.15) is 0 Å². The number of benzene rings is 1. The molecule has 0 saturated heterocycles. The predicted molar refractivity (Wildman–Crippen MR) is 90.8 cm³/mol. The van der Waals surface area contributed by atoms with E-state index in [0.29, 0.717) is 12.5 Å². The summed E-state index contributed by atoms with van der Waals surface area (Å²) in [5.41, 5.74) is 2.17. The lowest BCUT2D eigenvalue weighted by Crippen LogP contribution is -2.34. The van der Waals surface area contributed by atoms with Crippen molar-refractivity contribution in [2.24, 2.45) is 5.92 Å². The normalized spacial score (nSPS) is 18.0. The number of carbonyl (C=O) groups excluding carboxylic acids is 1. The molecule has 0 aromatic heterocycles. The summed E-state index contributed by atoms with van der Waals surface area (Å²) in [7, 11) is 0. The van der Waals surface area contributed by atoms with Gasteiger partial charge >= 0.3 is 0 Å². The summed E-state index contributed by atoms with van der Waals surface area (Å²) < 4.78 is 13.2. The van der Waals surface area contributed by atoms with Crippen molar-refractivity contribution in [3.05, 3.63) is 36.0 Å². The van der Waals surface area contributed by atoms with Crippen molar-refractivity contribution >= 4 is 11.6 Å². The van der Waals surface area contributed by atoms with Gasteiger partial charge in [-0.1, -0.05) is 32.1 Å². The Morgan fingerprint density at radius 1 is 1.30 bits per heavy atom. The molecule has 1 aromatic rings. The Bertz CT molecular complexity index is 540. The van der Waals surface area contributed by atoms with Crippen molar-refractivity contribution in [3.8, 4) is 0 Å². The van der Waals surface area contributed by atoms with Gasteiger partial charge in [0.1, 0.15) is 5.82 Å². The van der Waals surface area contributed by atoms with Crippen LogP contribution in [0.1, 0.15) is 44.1 Å². The molecule has 23 heavy (non-hydrogen) atoms. The zero-order chi connectivity index (χ0) is 16.1. The van der Waals surface area contributed by atoms with E-state index >= 15 is 0 Å². The molecule has 0 spiro atoms. The Labute approximate surface area is 138 Å². The molecule has 0 bridgehead atoms. The molecule has 0 atom stereocenters. The first-order chi connectivity index (χ1) is 11.2. The number of carbonyl (C=O) groups is 1. The van der Waals surface area contributed by atoms with Crippen LogP contribution in [-0.4, -0.2) is 25.5 Å². The van der Waals surface area contributed by atoms with Gasteiger partial charge in [-0.25, -0.2) is 4.39 Å². The standard InChI is InChI=1S/C19H26FN2O/c20-17-7-8-18-16(14-17)10-12-22(18)13-11-21-19(23)9-6-15-4-2-1-3-5-15/h7-9,14-15H,1-6,10-13H2,(H,21,23). The summed E-state index contributed by atoms with van der Waals surface area (Å²) in [6.07, 6.45) is 10.1. The molecule has 125 valence electrons. The molecule has 1 radical (unpaired) electrons. The zero-order valence-corrected chi connectivity index (χ0v) is 13.7. The Hall–Kier alpha value is -1.58. The van der Waals surface area contributed by atoms with E-state index in [1.807, 2.05) is 12.5 Å². The number of anilines is 1. The largest absolute Gasteiger partial charge is 0.369 e. The number of fused-ring (bicyclic) bond motifs is 1. The first kappa shape index (κ1) is 16.3. The fraction of sp³-hybridized carbons (Fsp3) is 0.579. The molecule has 4 heteroatoms. The minimum absolute atomic E-state index is 0.0501. The van der Waals surface area contributed by atoms with Crippen LogP contribution in [0.2, 0.25) is 0 Å². The van der Waals surface area contributed by atoms with E-state index in [4.69, 9.17) is 0 Å². The van der Waals surface area contributed by atoms with Gasteiger partial charge in [0.2, 0.25) is 5.91 Å². The maximum Gasteiger partial charge on any atom is 0.223 e. The molecule has 1 saturated carbocycles. The van der Waals surface area contributed by atoms with E-state index in [2.05, 4.69) is 10.2 Å². The van der Waals surface area contributed by atoms with Gasteiger partial charge in [-0.3, -0.25) is 4.79 Å². The Balaban J connectivity index is 1.36. The van der Waals surface area contributed by atoms with Crippen molar-refractivity contribution in [2.45, 2.75) is 44.9 Å². The van der Waals surface area contributed by atoms with E-state index in [9.17, 15) is 9.18 Å². The molecule has 1 N–H and O–H groups in total. The number of hydrogen-bond acceptors (Lipinski definition) is 2. The topological polar surface area (TPSA) is 32.3 Å². The van der Waals surface area contributed by atoms with Crippen molar-refractivity contribution in [1.82, 2.24) is 5.32 Å². The molecule has 2 aliphatic rings. The lowest BCUT2D eigenvalue weighted by molar-refractivity contribution is -0.118. The van der Waals surface area contributed by atoms with Crippen LogP contribution in [0, 0.1) is 18.2 Å². The molecule has 1 fully saturated rings. The van der Waals surface area contributed by atoms with Gasteiger partial charge in [0.15, 0.2) is 0 Å². The third kappa shape index (κ3) is 4.46. The molecule has 1 aromatic carbocycles. The lowest BCUT2D eigenvalue weighted by Gasteiger charge is -2.21. The van der Waals surface area contributed by atoms with Crippen molar-refractivity contribution in [1.29, 1.82) is 0 Å². The predicted octanol–water partition coefficient (Wildman–Crippen LogP) is 3.48. The van der Waals surface area contributed by atoms with E-state index in [-0.39, 0.29) is 11.7 Å². The highest BCUT2D eigenvalue weighted by molar-refractivity contribution is 5.84. The summed E-state index contributed by atoms with van der Waals surface area (Å²) in [4.78, 5) is 14.1. The van der Waals surface area contributed by atoms with Gasteiger partial charge in [0, 0.05) is 31.7 Å². The van der Waals surface area contributed by atoms with Crippen LogP contribution in [-0.2, 0) is 11.2 Å². The van der Waals surface area contributed by atoms with Crippen LogP contribution < -0.4 is 10.2 Å². The summed E-state index contributed by atoms with van der Waals surface area (Å²) in [6.45, 7) is 2.32. The van der Waals surface area contributed by atoms with Crippen LogP contribution in [0.15, 0.2) is 18.2 Å². The molecule has 1 aliphatic carbocycles. The molecule has 1 amide bonds. The molecule has 3 rings (SSSR count). The third-order valence-electron chi connectivity index (χ3n) is 5.08. The number of rotatable bonds is 6. The van der Waals surface area contributed by atoms with Crippen LogP contribution in [0.3, 0.4) is 0 Å². The fourth-order valence-corrected chi connectivity index (χ4v) is 3.75. The monoisotopic (exact) mass is 317 g/mol. The highest BCUT2D eigenvalue weighted by Gasteiger charge is 2.19. The van der Waals surface area contributed by atoms with Crippen molar-refractivity contribution in [2.75, 3.05) is 24.5 Å². The average Bonchev–Trinajstić information content (AvgIpc) is 2.96. The Morgan fingerprint density at radius 3 is 2.96 bits per heavy atom. The van der Waals surface area contributed by atoms with Crippen LogP contribution >= 0.6 is 0 Å². The van der Waals surface area contributed by atoms with Gasteiger partial charge < -0.3 is 10.2 Å². The first-order valence-electron chi connectivity index (χ1n) is 8.87. The van der Waals surface area contributed by atoms with Gasteiger partial charge in [0.05, 0.1) is 0 Å². The molecule has 1 heterocycles. The van der Waals surface area contributed by atoms with E-state index < -0.39 is 0 Å². The first-order valence-corrected chi connectivity index (χ1v) is 8.87. The maximum atomic E-state index is 13.2. The van der Waals surface area contributed by atoms with Crippen LogP contribution in [0.25, 0.3) is 0 Å². The summed E-state index contributed by atoms with van der Waals surface area (Å²) in [6, 6.07) is 4.97. The second kappa shape index (κ2) is 7.80.